The van der Waals surface area contributed by atoms with Crippen LogP contribution in [0, 0.1) is 6.57 Å². The molecule has 40 heavy (non-hydrogen) atoms. The van der Waals surface area contributed by atoms with Gasteiger partial charge in [0.15, 0.2) is 0 Å². The molecule has 0 radical (unpaired) electrons. The molecule has 0 N–H and O–H groups in total. The van der Waals surface area contributed by atoms with Crippen molar-refractivity contribution >= 4 is 5.82 Å². The highest BCUT2D eigenvalue weighted by molar-refractivity contribution is 5.59. The van der Waals surface area contributed by atoms with Crippen molar-refractivity contribution in [1.82, 2.24) is 19.7 Å². The minimum Gasteiger partial charge on any atom is -0.356 e. The van der Waals surface area contributed by atoms with Crippen LogP contribution in [0.5, 0.6) is 0 Å². The number of halogens is 3. The maximum absolute atomic E-state index is 13.4. The summed E-state index contributed by atoms with van der Waals surface area (Å²) in [4.78, 5) is 27.3. The van der Waals surface area contributed by atoms with Gasteiger partial charge in [-0.05, 0) is 43.2 Å². The molecule has 5 rings (SSSR count). The number of hydrogen-bond acceptors (Lipinski definition) is 6. The highest BCUT2D eigenvalue weighted by Gasteiger charge is 2.48. The monoisotopic (exact) mass is 548 g/mol. The number of anilines is 1. The van der Waals surface area contributed by atoms with E-state index in [0.717, 1.165) is 51.2 Å². The van der Waals surface area contributed by atoms with Crippen molar-refractivity contribution in [3.05, 3.63) is 93.8 Å². The second-order valence-corrected chi connectivity index (χ2v) is 10.4. The molecule has 0 aliphatic carbocycles. The Morgan fingerprint density at radius 3 is 2.42 bits per heavy atom. The summed E-state index contributed by atoms with van der Waals surface area (Å²) in [5, 5.41) is 3.99. The lowest BCUT2D eigenvalue weighted by molar-refractivity contribution is -0.180. The van der Waals surface area contributed by atoms with Gasteiger partial charge in [-0.15, -0.1) is 0 Å². The van der Waals surface area contributed by atoms with Crippen molar-refractivity contribution in [1.29, 1.82) is 0 Å². The van der Waals surface area contributed by atoms with Crippen LogP contribution in [0.1, 0.15) is 37.8 Å². The molecule has 1 aliphatic heterocycles. The minimum absolute atomic E-state index is 0.0619. The number of piperidine rings is 1. The summed E-state index contributed by atoms with van der Waals surface area (Å²) in [6.07, 6.45) is 0.574. The van der Waals surface area contributed by atoms with Crippen molar-refractivity contribution in [2.75, 3.05) is 18.0 Å². The number of hydrogen-bond donors (Lipinski definition) is 0. The summed E-state index contributed by atoms with van der Waals surface area (Å²) in [6, 6.07) is 12.8. The molecule has 8 nitrogen and oxygen atoms in total. The molecule has 1 aromatic carbocycles. The van der Waals surface area contributed by atoms with Crippen LogP contribution in [-0.2, 0) is 12.0 Å². The topological polar surface area (TPSA) is 81.4 Å². The van der Waals surface area contributed by atoms with Gasteiger partial charge in [0.2, 0.25) is 11.9 Å². The summed E-state index contributed by atoms with van der Waals surface area (Å²) >= 11 is 0. The van der Waals surface area contributed by atoms with E-state index in [4.69, 9.17) is 11.1 Å². The highest BCUT2D eigenvalue weighted by Crippen LogP contribution is 2.40. The molecule has 3 aromatic heterocycles. The molecule has 4 heterocycles. The predicted molar refractivity (Wildman–Crippen MR) is 144 cm³/mol. The number of nitrogens with zero attached hydrogens (tertiary/aromatic N) is 6. The Bertz CT molecular complexity index is 1590. The molecular formula is C29H27F3N6O2. The summed E-state index contributed by atoms with van der Waals surface area (Å²) < 4.78 is 47.1. The Labute approximate surface area is 228 Å². The fraction of sp³-hybridized carbons (Fsp3) is 0.345. The normalized spacial score (nSPS) is 14.8. The maximum atomic E-state index is 13.4. The lowest BCUT2D eigenvalue weighted by Crippen LogP contribution is -2.36. The third kappa shape index (κ3) is 5.47. The maximum Gasteiger partial charge on any atom is 0.397 e. The summed E-state index contributed by atoms with van der Waals surface area (Å²) in [7, 11) is 0. The van der Waals surface area contributed by atoms with Gasteiger partial charge in [0.25, 0.3) is 11.4 Å². The minimum atomic E-state index is -4.38. The average Bonchev–Trinajstić information content (AvgIpc) is 3.44. The third-order valence-electron chi connectivity index (χ3n) is 7.36. The first-order valence-electron chi connectivity index (χ1n) is 12.8. The Balaban J connectivity index is 1.33. The number of aromatic nitrogens is 4. The van der Waals surface area contributed by atoms with E-state index in [-0.39, 0.29) is 28.9 Å². The van der Waals surface area contributed by atoms with Crippen LogP contribution >= 0.6 is 0 Å². The van der Waals surface area contributed by atoms with E-state index >= 15 is 0 Å². The molecule has 0 saturated carbocycles. The van der Waals surface area contributed by atoms with Gasteiger partial charge >= 0.3 is 6.18 Å². The van der Waals surface area contributed by atoms with Gasteiger partial charge < -0.3 is 18.8 Å². The molecule has 1 aliphatic rings. The van der Waals surface area contributed by atoms with Crippen LogP contribution < -0.4 is 10.5 Å². The predicted octanol–water partition coefficient (Wildman–Crippen LogP) is 5.74. The molecular weight excluding hydrogens is 521 g/mol. The second kappa shape index (κ2) is 10.6. The molecule has 1 fully saturated rings. The van der Waals surface area contributed by atoms with Gasteiger partial charge in [-0.3, -0.25) is 4.79 Å². The van der Waals surface area contributed by atoms with E-state index < -0.39 is 11.6 Å². The van der Waals surface area contributed by atoms with Crippen molar-refractivity contribution in [2.45, 2.75) is 50.9 Å². The highest BCUT2D eigenvalue weighted by atomic mass is 19.4. The smallest absolute Gasteiger partial charge is 0.356 e. The molecule has 0 bridgehead atoms. The van der Waals surface area contributed by atoms with E-state index in [0.29, 0.717) is 17.7 Å². The zero-order chi connectivity index (χ0) is 28.5. The SMILES string of the molecule is [C-]#[N+]C1CCN(c2cc(Cn3cc(-c4nc(-c5ccc(C(C)(C)C(F)(F)F)cc5)no4)ccc3=O)ccn2)CC1. The zero-order valence-corrected chi connectivity index (χ0v) is 22.0. The van der Waals surface area contributed by atoms with E-state index in [1.165, 1.54) is 34.9 Å². The van der Waals surface area contributed by atoms with Crippen LogP contribution in [0.3, 0.4) is 0 Å². The van der Waals surface area contributed by atoms with Crippen molar-refractivity contribution < 1.29 is 17.7 Å². The molecule has 0 amide bonds. The van der Waals surface area contributed by atoms with Gasteiger partial charge in [-0.2, -0.15) is 18.2 Å². The van der Waals surface area contributed by atoms with Gasteiger partial charge in [-0.25, -0.2) is 11.6 Å². The third-order valence-corrected chi connectivity index (χ3v) is 7.36. The molecule has 0 atom stereocenters. The molecule has 0 unspecified atom stereocenters. The van der Waals surface area contributed by atoms with Gasteiger partial charge in [0.1, 0.15) is 5.82 Å². The molecule has 0 spiro atoms. The van der Waals surface area contributed by atoms with E-state index in [1.807, 2.05) is 12.1 Å². The van der Waals surface area contributed by atoms with Crippen LogP contribution in [0.15, 0.2) is 70.2 Å². The number of pyridine rings is 2. The van der Waals surface area contributed by atoms with Crippen LogP contribution in [-0.4, -0.2) is 45.0 Å². The Hall–Kier alpha value is -4.46. The molecule has 11 heteroatoms. The Morgan fingerprint density at radius 2 is 1.75 bits per heavy atom. The summed E-state index contributed by atoms with van der Waals surface area (Å²) in [6.45, 7) is 11.3. The van der Waals surface area contributed by atoms with Crippen molar-refractivity contribution in [3.8, 4) is 22.8 Å². The van der Waals surface area contributed by atoms with E-state index in [1.54, 1.807) is 18.5 Å². The quantitative estimate of drug-likeness (QED) is 0.286. The van der Waals surface area contributed by atoms with Gasteiger partial charge in [0.05, 0.1) is 17.5 Å². The number of rotatable bonds is 6. The first kappa shape index (κ1) is 27.1. The summed E-state index contributed by atoms with van der Waals surface area (Å²) in [5.74, 6) is 1.22. The second-order valence-electron chi connectivity index (χ2n) is 10.4. The molecule has 206 valence electrons. The lowest BCUT2D eigenvalue weighted by atomic mass is 9.83. The van der Waals surface area contributed by atoms with Crippen molar-refractivity contribution in [3.63, 3.8) is 0 Å². The Kier molecular flexibility index (Phi) is 7.19. The average molecular weight is 549 g/mol. The van der Waals surface area contributed by atoms with Crippen LogP contribution in [0.25, 0.3) is 27.7 Å². The zero-order valence-electron chi connectivity index (χ0n) is 22.0. The van der Waals surface area contributed by atoms with Crippen LogP contribution in [0.2, 0.25) is 0 Å². The fourth-order valence-corrected chi connectivity index (χ4v) is 4.59. The molecule has 4 aromatic rings. The fourth-order valence-electron chi connectivity index (χ4n) is 4.59. The van der Waals surface area contributed by atoms with Gasteiger partial charge in [-0.1, -0.05) is 29.4 Å². The molecule has 1 saturated heterocycles. The standard InChI is InChI=1S/C29H27F3N6O2/c1-28(2,29(30,31)32)22-7-4-20(5-8-22)26-35-27(40-36-26)21-6-9-25(39)38(18-21)17-19-10-13-34-24(16-19)37-14-11-23(33-3)12-15-37/h4-10,13,16,18,23H,11-12,14-15,17H2,1-2H3. The summed E-state index contributed by atoms with van der Waals surface area (Å²) in [5.41, 5.74) is -0.135. The van der Waals surface area contributed by atoms with E-state index in [9.17, 15) is 18.0 Å². The number of benzene rings is 1. The Morgan fingerprint density at radius 1 is 1.05 bits per heavy atom. The lowest BCUT2D eigenvalue weighted by Gasteiger charge is -2.28. The van der Waals surface area contributed by atoms with Crippen LogP contribution in [0.4, 0.5) is 19.0 Å². The van der Waals surface area contributed by atoms with E-state index in [2.05, 4.69) is 24.9 Å². The van der Waals surface area contributed by atoms with Gasteiger partial charge in [0, 0.05) is 50.0 Å². The first-order chi connectivity index (χ1) is 19.0. The number of alkyl halides is 3. The first-order valence-corrected chi connectivity index (χ1v) is 12.8. The van der Waals surface area contributed by atoms with Crippen molar-refractivity contribution in [2.24, 2.45) is 0 Å². The largest absolute Gasteiger partial charge is 0.397 e.